The predicted octanol–water partition coefficient (Wildman–Crippen LogP) is 3.93. The Kier molecular flexibility index (Phi) is 7.05. The molecule has 0 aliphatic carbocycles. The molecule has 0 unspecified atom stereocenters. The molecule has 0 atom stereocenters. The first-order valence-electron chi connectivity index (χ1n) is 12.7. The number of hydrogen-bond donors (Lipinski definition) is 3. The molecule has 3 aromatic heterocycles. The fourth-order valence-electron chi connectivity index (χ4n) is 4.75. The smallest absolute Gasteiger partial charge is 0.295 e. The highest BCUT2D eigenvalue weighted by atomic mass is 19.1. The maximum atomic E-state index is 13.4. The van der Waals surface area contributed by atoms with E-state index in [1.165, 1.54) is 23.2 Å². The molecule has 1 aromatic carbocycles. The number of halogens is 1. The highest BCUT2D eigenvalue weighted by molar-refractivity contribution is 6.45. The minimum Gasteiger partial charge on any atom is -0.369 e. The number of fused-ring (bicyclic) bond motifs is 1. The Bertz CT molecular complexity index is 1560. The van der Waals surface area contributed by atoms with Gasteiger partial charge >= 0.3 is 0 Å². The van der Waals surface area contributed by atoms with Gasteiger partial charge in [-0.15, -0.1) is 0 Å². The van der Waals surface area contributed by atoms with Gasteiger partial charge in [0.15, 0.2) is 5.82 Å². The van der Waals surface area contributed by atoms with Crippen LogP contribution in [0, 0.1) is 11.7 Å². The lowest BCUT2D eigenvalue weighted by Crippen LogP contribution is -2.44. The first kappa shape index (κ1) is 26.0. The summed E-state index contributed by atoms with van der Waals surface area (Å²) in [4.78, 5) is 55.9. The molecule has 10 nitrogen and oxygen atoms in total. The number of ketones is 1. The Labute approximate surface area is 223 Å². The maximum Gasteiger partial charge on any atom is 0.295 e. The van der Waals surface area contributed by atoms with Gasteiger partial charge in [-0.2, -0.15) is 0 Å². The number of aromatic amines is 1. The second-order valence-electron chi connectivity index (χ2n) is 9.87. The van der Waals surface area contributed by atoms with Gasteiger partial charge in [-0.1, -0.05) is 13.8 Å². The van der Waals surface area contributed by atoms with E-state index in [2.05, 4.69) is 20.3 Å². The molecule has 1 aliphatic heterocycles. The Morgan fingerprint density at radius 1 is 1.10 bits per heavy atom. The van der Waals surface area contributed by atoms with Crippen molar-refractivity contribution in [3.05, 3.63) is 65.9 Å². The maximum absolute atomic E-state index is 13.4. The minimum atomic E-state index is -0.673. The van der Waals surface area contributed by atoms with Crippen LogP contribution in [0.2, 0.25) is 0 Å². The van der Waals surface area contributed by atoms with Crippen molar-refractivity contribution in [3.63, 3.8) is 0 Å². The van der Waals surface area contributed by atoms with Crippen molar-refractivity contribution in [2.45, 2.75) is 32.6 Å². The van der Waals surface area contributed by atoms with Crippen molar-refractivity contribution < 1.29 is 18.8 Å². The number of nitrogens with zero attached hydrogens (tertiary/aromatic N) is 4. The molecule has 0 radical (unpaired) electrons. The van der Waals surface area contributed by atoms with Gasteiger partial charge in [-0.05, 0) is 49.1 Å². The van der Waals surface area contributed by atoms with Crippen LogP contribution in [0.3, 0.4) is 0 Å². The van der Waals surface area contributed by atoms with Gasteiger partial charge in [-0.3, -0.25) is 14.4 Å². The number of rotatable bonds is 7. The summed E-state index contributed by atoms with van der Waals surface area (Å²) in [6, 6.07) is 7.61. The summed E-state index contributed by atoms with van der Waals surface area (Å²) in [6.07, 6.45) is 5.65. The van der Waals surface area contributed by atoms with E-state index in [1.807, 2.05) is 13.8 Å². The molecular weight excluding hydrogens is 501 g/mol. The normalized spacial score (nSPS) is 14.1. The Balaban J connectivity index is 1.48. The third-order valence-corrected chi connectivity index (χ3v) is 6.99. The van der Waals surface area contributed by atoms with E-state index in [4.69, 9.17) is 10.7 Å². The number of piperidine rings is 1. The molecule has 1 aliphatic rings. The average Bonchev–Trinajstić information content (AvgIpc) is 3.38. The van der Waals surface area contributed by atoms with Crippen LogP contribution in [0.4, 0.5) is 15.9 Å². The van der Waals surface area contributed by atoms with Crippen molar-refractivity contribution in [2.24, 2.45) is 11.7 Å². The number of aromatic nitrogens is 4. The summed E-state index contributed by atoms with van der Waals surface area (Å²) in [6.45, 7) is 4.59. The van der Waals surface area contributed by atoms with E-state index >= 15 is 0 Å². The molecule has 4 N–H and O–H groups in total. The lowest BCUT2D eigenvalue weighted by Gasteiger charge is -2.29. The van der Waals surface area contributed by atoms with Crippen molar-refractivity contribution in [2.75, 3.05) is 18.4 Å². The van der Waals surface area contributed by atoms with Gasteiger partial charge in [0.05, 0.1) is 16.6 Å². The quantitative estimate of drug-likeness (QED) is 0.243. The summed E-state index contributed by atoms with van der Waals surface area (Å²) in [5, 5.41) is 3.78. The molecule has 5 rings (SSSR count). The molecule has 0 saturated carbocycles. The molecule has 11 heteroatoms. The van der Waals surface area contributed by atoms with Gasteiger partial charge < -0.3 is 20.9 Å². The first-order chi connectivity index (χ1) is 18.7. The monoisotopic (exact) mass is 529 g/mol. The van der Waals surface area contributed by atoms with Crippen LogP contribution in [-0.2, 0) is 9.59 Å². The van der Waals surface area contributed by atoms with Crippen molar-refractivity contribution >= 4 is 40.1 Å². The average molecular weight is 530 g/mol. The van der Waals surface area contributed by atoms with E-state index in [-0.39, 0.29) is 42.2 Å². The molecule has 4 aromatic rings. The van der Waals surface area contributed by atoms with E-state index in [1.54, 1.807) is 30.6 Å². The number of hydrogen-bond acceptors (Lipinski definition) is 7. The van der Waals surface area contributed by atoms with Gasteiger partial charge in [0.25, 0.3) is 11.7 Å². The minimum absolute atomic E-state index is 0.0735. The van der Waals surface area contributed by atoms with Gasteiger partial charge in [-0.25, -0.2) is 19.3 Å². The number of pyridine rings is 1. The molecule has 200 valence electrons. The van der Waals surface area contributed by atoms with Crippen LogP contribution < -0.4 is 11.1 Å². The summed E-state index contributed by atoms with van der Waals surface area (Å²) in [5.41, 5.74) is 8.03. The van der Waals surface area contributed by atoms with Crippen LogP contribution in [0.5, 0.6) is 0 Å². The number of benzene rings is 1. The van der Waals surface area contributed by atoms with Gasteiger partial charge in [0.1, 0.15) is 17.3 Å². The Hall–Kier alpha value is -4.67. The van der Waals surface area contributed by atoms with E-state index in [0.717, 1.165) is 5.56 Å². The predicted molar refractivity (Wildman–Crippen MR) is 144 cm³/mol. The summed E-state index contributed by atoms with van der Waals surface area (Å²) in [5.74, 6) is -1.35. The molecule has 39 heavy (non-hydrogen) atoms. The highest BCUT2D eigenvalue weighted by Crippen LogP contribution is 2.32. The zero-order valence-corrected chi connectivity index (χ0v) is 21.6. The summed E-state index contributed by atoms with van der Waals surface area (Å²) < 4.78 is 13.4. The largest absolute Gasteiger partial charge is 0.369 e. The fourth-order valence-corrected chi connectivity index (χ4v) is 4.75. The first-order valence-corrected chi connectivity index (χ1v) is 12.7. The van der Waals surface area contributed by atoms with Gasteiger partial charge in [0.2, 0.25) is 5.91 Å². The second-order valence-corrected chi connectivity index (χ2v) is 9.87. The number of carbonyl (C=O) groups excluding carboxylic acids is 3. The van der Waals surface area contributed by atoms with Crippen LogP contribution in [-0.4, -0.2) is 55.5 Å². The molecule has 0 spiro atoms. The molecule has 1 fully saturated rings. The number of amides is 2. The zero-order chi connectivity index (χ0) is 27.7. The topological polar surface area (TPSA) is 147 Å². The van der Waals surface area contributed by atoms with Crippen LogP contribution in [0.1, 0.15) is 48.5 Å². The van der Waals surface area contributed by atoms with Crippen molar-refractivity contribution in [3.8, 4) is 11.4 Å². The number of anilines is 2. The number of nitrogens with two attached hydrogens (primary N) is 1. The Morgan fingerprint density at radius 2 is 1.82 bits per heavy atom. The second kappa shape index (κ2) is 10.6. The number of likely N-dealkylation sites (tertiary alicyclic amines) is 1. The van der Waals surface area contributed by atoms with E-state index < -0.39 is 11.7 Å². The third-order valence-electron chi connectivity index (χ3n) is 6.99. The molecule has 2 amide bonds. The van der Waals surface area contributed by atoms with Crippen molar-refractivity contribution in [1.29, 1.82) is 0 Å². The number of H-pyrrole nitrogens is 1. The summed E-state index contributed by atoms with van der Waals surface area (Å²) >= 11 is 0. The van der Waals surface area contributed by atoms with Crippen molar-refractivity contribution in [1.82, 2.24) is 24.8 Å². The SMILES string of the molecule is CC(C)c1cnc(-c2ccc(F)cc2)nc1Nc1ccnc2[nH]cc(C(=O)C(=O)N3CCC(C(N)=O)CC3)c12. The summed E-state index contributed by atoms with van der Waals surface area (Å²) in [7, 11) is 0. The number of carbonyl (C=O) groups is 3. The molecule has 4 heterocycles. The fraction of sp³-hybridized carbons (Fsp3) is 0.286. The zero-order valence-electron chi connectivity index (χ0n) is 21.6. The molecule has 0 bridgehead atoms. The van der Waals surface area contributed by atoms with Crippen LogP contribution in [0.25, 0.3) is 22.4 Å². The third kappa shape index (κ3) is 5.20. The Morgan fingerprint density at radius 3 is 2.49 bits per heavy atom. The number of Topliss-reactive ketones (excluding diaryl/α,β-unsaturated/α-hetero) is 1. The van der Waals surface area contributed by atoms with E-state index in [0.29, 0.717) is 46.8 Å². The molecule has 1 saturated heterocycles. The number of nitrogens with one attached hydrogen (secondary N) is 2. The highest BCUT2D eigenvalue weighted by Gasteiger charge is 2.31. The lowest BCUT2D eigenvalue weighted by atomic mass is 9.95. The van der Waals surface area contributed by atoms with Gasteiger partial charge in [0, 0.05) is 48.7 Å². The van der Waals surface area contributed by atoms with Crippen LogP contribution >= 0.6 is 0 Å². The van der Waals surface area contributed by atoms with Crippen LogP contribution in [0.15, 0.2) is 48.9 Å². The lowest BCUT2D eigenvalue weighted by molar-refractivity contribution is -0.131. The van der Waals surface area contributed by atoms with E-state index in [9.17, 15) is 18.8 Å². The number of primary amides is 1. The molecular formula is C28H28FN7O3. The standard InChI is InChI=1S/C28H28FN7O3/c1-15(2)19-13-32-25(17-3-5-18(29)6-4-17)35-26(19)34-21-7-10-31-27-22(21)20(14-33-27)23(37)28(39)36-11-8-16(9-12-36)24(30)38/h3-7,10,13-16H,8-9,11-12H2,1-2H3,(H2,30,38)(H2,31,32,33,34,35).